The quantitative estimate of drug-likeness (QED) is 0.944. The van der Waals surface area contributed by atoms with Crippen LogP contribution in [0, 0.1) is 6.92 Å². The van der Waals surface area contributed by atoms with Gasteiger partial charge in [-0.3, -0.25) is 4.79 Å². The number of carboxylic acids is 1. The van der Waals surface area contributed by atoms with Crippen LogP contribution >= 0.6 is 0 Å². The van der Waals surface area contributed by atoms with E-state index in [-0.39, 0.29) is 17.9 Å². The topological polar surface area (TPSA) is 62.5 Å². The number of fused-ring (bicyclic) bond motifs is 1. The number of benzene rings is 1. The number of aromatic carboxylic acids is 1. The molecule has 1 aliphatic heterocycles. The van der Waals surface area contributed by atoms with E-state index in [1.54, 1.807) is 24.7 Å². The van der Waals surface area contributed by atoms with Crippen molar-refractivity contribution in [2.24, 2.45) is 7.05 Å². The van der Waals surface area contributed by atoms with Crippen molar-refractivity contribution in [3.63, 3.8) is 0 Å². The first-order valence-electron chi connectivity index (χ1n) is 7.70. The Morgan fingerprint density at radius 1 is 1.22 bits per heavy atom. The van der Waals surface area contributed by atoms with E-state index in [0.717, 1.165) is 6.42 Å². The van der Waals surface area contributed by atoms with Crippen LogP contribution in [0.1, 0.15) is 32.7 Å². The molecule has 5 nitrogen and oxygen atoms in total. The van der Waals surface area contributed by atoms with Crippen molar-refractivity contribution in [1.82, 2.24) is 9.47 Å². The molecule has 23 heavy (non-hydrogen) atoms. The largest absolute Gasteiger partial charge is 0.478 e. The van der Waals surface area contributed by atoms with Gasteiger partial charge in [0.25, 0.3) is 0 Å². The number of carbonyl (C=O) groups is 2. The molecule has 0 unspecified atom stereocenters. The standard InChI is InChI=1S/C18H20N2O3/c1-12-10-19(2)15(17(12)18(22)23)9-16(21)20-8-7-13-5-3-4-6-14(13)11-20/h3-6,10H,7-9,11H2,1-2H3,(H,22,23). The van der Waals surface area contributed by atoms with Crippen molar-refractivity contribution in [2.75, 3.05) is 6.54 Å². The van der Waals surface area contributed by atoms with E-state index in [9.17, 15) is 14.7 Å². The second-order valence-electron chi connectivity index (χ2n) is 6.06. The lowest BCUT2D eigenvalue weighted by Crippen LogP contribution is -2.37. The van der Waals surface area contributed by atoms with Crippen LogP contribution in [-0.2, 0) is 31.2 Å². The second kappa shape index (κ2) is 5.91. The molecule has 0 atom stereocenters. The molecule has 0 aliphatic carbocycles. The predicted molar refractivity (Wildman–Crippen MR) is 86.4 cm³/mol. The maximum Gasteiger partial charge on any atom is 0.337 e. The van der Waals surface area contributed by atoms with E-state index in [0.29, 0.717) is 24.3 Å². The maximum absolute atomic E-state index is 12.6. The molecule has 0 radical (unpaired) electrons. The van der Waals surface area contributed by atoms with E-state index in [2.05, 4.69) is 6.07 Å². The number of carbonyl (C=O) groups excluding carboxylic acids is 1. The zero-order valence-electron chi connectivity index (χ0n) is 13.4. The summed E-state index contributed by atoms with van der Waals surface area (Å²) in [6.07, 6.45) is 2.73. The third kappa shape index (κ3) is 2.86. The van der Waals surface area contributed by atoms with Crippen LogP contribution in [0.25, 0.3) is 0 Å². The van der Waals surface area contributed by atoms with E-state index in [4.69, 9.17) is 0 Å². The Labute approximate surface area is 135 Å². The van der Waals surface area contributed by atoms with Crippen LogP contribution in [0.4, 0.5) is 0 Å². The van der Waals surface area contributed by atoms with Gasteiger partial charge in [0.15, 0.2) is 0 Å². The zero-order chi connectivity index (χ0) is 16.6. The summed E-state index contributed by atoms with van der Waals surface area (Å²) in [7, 11) is 1.79. The van der Waals surface area contributed by atoms with Crippen molar-refractivity contribution >= 4 is 11.9 Å². The molecule has 1 aromatic heterocycles. The lowest BCUT2D eigenvalue weighted by atomic mass is 9.99. The highest BCUT2D eigenvalue weighted by molar-refractivity contribution is 5.93. The molecule has 3 rings (SSSR count). The van der Waals surface area contributed by atoms with Gasteiger partial charge in [0, 0.05) is 32.0 Å². The third-order valence-corrected chi connectivity index (χ3v) is 4.51. The highest BCUT2D eigenvalue weighted by atomic mass is 16.4. The summed E-state index contributed by atoms with van der Waals surface area (Å²) in [5.41, 5.74) is 3.97. The first kappa shape index (κ1) is 15.3. The molecular weight excluding hydrogens is 292 g/mol. The van der Waals surface area contributed by atoms with Crippen molar-refractivity contribution in [1.29, 1.82) is 0 Å². The molecule has 120 valence electrons. The number of amides is 1. The van der Waals surface area contributed by atoms with E-state index < -0.39 is 5.97 Å². The molecule has 1 aliphatic rings. The summed E-state index contributed by atoms with van der Waals surface area (Å²) >= 11 is 0. The van der Waals surface area contributed by atoms with Crippen LogP contribution in [0.5, 0.6) is 0 Å². The number of nitrogens with zero attached hydrogens (tertiary/aromatic N) is 2. The number of aromatic nitrogens is 1. The summed E-state index contributed by atoms with van der Waals surface area (Å²) in [5, 5.41) is 9.37. The Bertz CT molecular complexity index is 777. The van der Waals surface area contributed by atoms with Gasteiger partial charge in [-0.15, -0.1) is 0 Å². The van der Waals surface area contributed by atoms with Gasteiger partial charge in [-0.25, -0.2) is 4.79 Å². The van der Waals surface area contributed by atoms with Gasteiger partial charge in [-0.05, 0) is 30.0 Å². The average Bonchev–Trinajstić information content (AvgIpc) is 2.80. The fraction of sp³-hybridized carbons (Fsp3) is 0.333. The minimum atomic E-state index is -0.977. The fourth-order valence-corrected chi connectivity index (χ4v) is 3.31. The smallest absolute Gasteiger partial charge is 0.337 e. The van der Waals surface area contributed by atoms with Crippen molar-refractivity contribution in [3.8, 4) is 0 Å². The summed E-state index contributed by atoms with van der Waals surface area (Å²) < 4.78 is 1.74. The lowest BCUT2D eigenvalue weighted by Gasteiger charge is -2.29. The van der Waals surface area contributed by atoms with Crippen LogP contribution in [0.3, 0.4) is 0 Å². The van der Waals surface area contributed by atoms with Crippen molar-refractivity contribution in [3.05, 3.63) is 58.4 Å². The SMILES string of the molecule is Cc1cn(C)c(CC(=O)N2CCc3ccccc3C2)c1C(=O)O. The van der Waals surface area contributed by atoms with Gasteiger partial charge in [0.05, 0.1) is 12.0 Å². The van der Waals surface area contributed by atoms with Gasteiger partial charge in [0.2, 0.25) is 5.91 Å². The molecule has 1 N–H and O–H groups in total. The molecule has 1 amide bonds. The number of hydrogen-bond donors (Lipinski definition) is 1. The van der Waals surface area contributed by atoms with E-state index in [1.165, 1.54) is 11.1 Å². The van der Waals surface area contributed by atoms with Crippen LogP contribution in [0.15, 0.2) is 30.5 Å². The molecule has 5 heteroatoms. The number of hydrogen-bond acceptors (Lipinski definition) is 2. The van der Waals surface area contributed by atoms with E-state index >= 15 is 0 Å². The van der Waals surface area contributed by atoms with Gasteiger partial charge in [-0.1, -0.05) is 24.3 Å². The Kier molecular flexibility index (Phi) is 3.94. The second-order valence-corrected chi connectivity index (χ2v) is 6.06. The first-order valence-corrected chi connectivity index (χ1v) is 7.70. The molecule has 1 aromatic carbocycles. The molecule has 0 saturated carbocycles. The molecule has 2 aromatic rings. The van der Waals surface area contributed by atoms with Crippen LogP contribution < -0.4 is 0 Å². The van der Waals surface area contributed by atoms with Gasteiger partial charge in [0.1, 0.15) is 0 Å². The monoisotopic (exact) mass is 312 g/mol. The minimum Gasteiger partial charge on any atom is -0.478 e. The predicted octanol–water partition coefficient (Wildman–Crippen LogP) is 2.16. The molecule has 0 fully saturated rings. The maximum atomic E-state index is 12.6. The third-order valence-electron chi connectivity index (χ3n) is 4.51. The molecular formula is C18H20N2O3. The Balaban J connectivity index is 1.80. The average molecular weight is 312 g/mol. The Hall–Kier alpha value is -2.56. The highest BCUT2D eigenvalue weighted by Gasteiger charge is 2.24. The number of rotatable bonds is 3. The highest BCUT2D eigenvalue weighted by Crippen LogP contribution is 2.21. The Morgan fingerprint density at radius 3 is 2.61 bits per heavy atom. The van der Waals surface area contributed by atoms with E-state index in [1.807, 2.05) is 23.1 Å². The molecule has 0 spiro atoms. The van der Waals surface area contributed by atoms with Crippen LogP contribution in [-0.4, -0.2) is 33.0 Å². The summed E-state index contributed by atoms with van der Waals surface area (Å²) in [4.78, 5) is 25.9. The number of aryl methyl sites for hydroxylation is 2. The van der Waals surface area contributed by atoms with Gasteiger partial charge >= 0.3 is 5.97 Å². The van der Waals surface area contributed by atoms with Crippen molar-refractivity contribution in [2.45, 2.75) is 26.3 Å². The molecule has 0 bridgehead atoms. The number of carboxylic acid groups (broad SMARTS) is 1. The normalized spacial score (nSPS) is 13.7. The fourth-order valence-electron chi connectivity index (χ4n) is 3.31. The first-order chi connectivity index (χ1) is 11.0. The van der Waals surface area contributed by atoms with Crippen molar-refractivity contribution < 1.29 is 14.7 Å². The summed E-state index contributed by atoms with van der Waals surface area (Å²) in [6, 6.07) is 8.14. The lowest BCUT2D eigenvalue weighted by molar-refractivity contribution is -0.131. The summed E-state index contributed by atoms with van der Waals surface area (Å²) in [5.74, 6) is -1.00. The Morgan fingerprint density at radius 2 is 1.91 bits per heavy atom. The molecule has 2 heterocycles. The molecule has 0 saturated heterocycles. The van der Waals surface area contributed by atoms with Gasteiger partial charge < -0.3 is 14.6 Å². The summed E-state index contributed by atoms with van der Waals surface area (Å²) in [6.45, 7) is 3.04. The van der Waals surface area contributed by atoms with Gasteiger partial charge in [-0.2, -0.15) is 0 Å². The zero-order valence-corrected chi connectivity index (χ0v) is 13.4. The minimum absolute atomic E-state index is 0.0248. The van der Waals surface area contributed by atoms with Crippen LogP contribution in [0.2, 0.25) is 0 Å².